The summed E-state index contributed by atoms with van der Waals surface area (Å²) in [6.45, 7) is 12.0. The van der Waals surface area contributed by atoms with E-state index >= 15 is 0 Å². The molecule has 0 bridgehead atoms. The van der Waals surface area contributed by atoms with Crippen LogP contribution in [0.1, 0.15) is 63.6 Å². The predicted molar refractivity (Wildman–Crippen MR) is 160 cm³/mol. The molecule has 3 aliphatic heterocycles. The molecule has 3 aromatic rings. The van der Waals surface area contributed by atoms with Crippen molar-refractivity contribution in [2.75, 3.05) is 32.8 Å². The fraction of sp³-hybridized carbons (Fsp3) is 0.400. The normalized spacial score (nSPS) is 20.2. The monoisotopic (exact) mass is 553 g/mol. The van der Waals surface area contributed by atoms with Crippen LogP contribution in [0.4, 0.5) is 0 Å². The molecule has 3 heterocycles. The van der Waals surface area contributed by atoms with Gasteiger partial charge in [0, 0.05) is 34.9 Å². The fourth-order valence-electron chi connectivity index (χ4n) is 5.92. The van der Waals surface area contributed by atoms with Gasteiger partial charge in [0.15, 0.2) is 5.60 Å². The summed E-state index contributed by atoms with van der Waals surface area (Å²) >= 11 is 0. The van der Waals surface area contributed by atoms with E-state index in [1.807, 2.05) is 69.3 Å². The van der Waals surface area contributed by atoms with Gasteiger partial charge < -0.3 is 18.9 Å². The summed E-state index contributed by atoms with van der Waals surface area (Å²) in [6.07, 6.45) is 3.91. The molecule has 3 aromatic carbocycles. The summed E-state index contributed by atoms with van der Waals surface area (Å²) in [6, 6.07) is 22.0. The number of fused-ring (bicyclic) bond motifs is 4. The molecule has 0 N–H and O–H groups in total. The van der Waals surface area contributed by atoms with Crippen molar-refractivity contribution in [2.45, 2.75) is 52.6 Å². The van der Waals surface area contributed by atoms with Crippen molar-refractivity contribution in [3.05, 3.63) is 83.4 Å². The lowest BCUT2D eigenvalue weighted by Gasteiger charge is -2.42. The van der Waals surface area contributed by atoms with Gasteiger partial charge in [-0.3, -0.25) is 9.69 Å². The summed E-state index contributed by atoms with van der Waals surface area (Å²) in [5.41, 5.74) is 3.78. The Hall–Kier alpha value is -3.77. The van der Waals surface area contributed by atoms with Crippen molar-refractivity contribution in [3.63, 3.8) is 0 Å². The molecule has 3 aliphatic rings. The third-order valence-electron chi connectivity index (χ3n) is 8.25. The summed E-state index contributed by atoms with van der Waals surface area (Å²) in [5, 5.41) is 0. The van der Waals surface area contributed by atoms with Gasteiger partial charge in [-0.2, -0.15) is 0 Å². The minimum Gasteiger partial charge on any atom is -0.492 e. The highest BCUT2D eigenvalue weighted by Gasteiger charge is 2.44. The van der Waals surface area contributed by atoms with E-state index in [-0.39, 0.29) is 5.97 Å². The van der Waals surface area contributed by atoms with Crippen LogP contribution in [0.25, 0.3) is 11.1 Å². The first kappa shape index (κ1) is 27.4. The topological polar surface area (TPSA) is 57.2 Å². The lowest BCUT2D eigenvalue weighted by Crippen LogP contribution is -2.37. The Balaban J connectivity index is 1.30. The average Bonchev–Trinajstić information content (AvgIpc) is 2.97. The highest BCUT2D eigenvalue weighted by Crippen LogP contribution is 2.54. The molecule has 41 heavy (non-hydrogen) atoms. The predicted octanol–water partition coefficient (Wildman–Crippen LogP) is 7.11. The van der Waals surface area contributed by atoms with E-state index in [0.29, 0.717) is 24.7 Å². The lowest BCUT2D eigenvalue weighted by atomic mass is 9.76. The van der Waals surface area contributed by atoms with Gasteiger partial charge >= 0.3 is 5.97 Å². The number of carbonyl (C=O) groups excluding carboxylic acids is 1. The van der Waals surface area contributed by atoms with Crippen LogP contribution in [0.15, 0.2) is 66.7 Å². The zero-order chi connectivity index (χ0) is 28.6. The molecule has 0 aliphatic carbocycles. The molecule has 6 nitrogen and oxygen atoms in total. The number of nitrogens with zero attached hydrogens (tertiary/aromatic N) is 1. The van der Waals surface area contributed by atoms with Crippen LogP contribution >= 0.6 is 0 Å². The maximum Gasteiger partial charge on any atom is 0.316 e. The summed E-state index contributed by atoms with van der Waals surface area (Å²) in [7, 11) is 0. The molecule has 0 spiro atoms. The van der Waals surface area contributed by atoms with Gasteiger partial charge in [-0.25, -0.2) is 0 Å². The number of piperidine rings is 1. The number of para-hydroxylation sites is 1. The molecular formula is C35H39NO5. The highest BCUT2D eigenvalue weighted by atomic mass is 16.5. The fourth-order valence-corrected chi connectivity index (χ4v) is 5.92. The number of rotatable bonds is 6. The third kappa shape index (κ3) is 5.45. The van der Waals surface area contributed by atoms with Crippen LogP contribution < -0.4 is 18.9 Å². The first-order valence-corrected chi connectivity index (χ1v) is 14.7. The smallest absolute Gasteiger partial charge is 0.316 e. The standard InChI is InChI=1S/C35H39NO5/c1-34(2,3)33(37)40-26-16-17-28-31(22-26)39-23-29-27-10-6-7-11-30(27)41-35(4,32(28)29)24-12-14-25(15-13-24)38-21-20-36-18-8-5-9-19-36/h6-7,10-17,22H,5,8-9,18-21,23H2,1-4H3. The van der Waals surface area contributed by atoms with Crippen LogP contribution in [0, 0.1) is 5.41 Å². The molecule has 0 aromatic heterocycles. The molecule has 0 saturated carbocycles. The van der Waals surface area contributed by atoms with Crippen LogP contribution in [0.3, 0.4) is 0 Å². The van der Waals surface area contributed by atoms with E-state index in [4.69, 9.17) is 18.9 Å². The SMILES string of the molecule is CC(C)(C)C(=O)Oc1ccc2c(c1)OCC1=C2C(C)(c2ccc(OCCN3CCCCC3)cc2)Oc2ccccc21. The van der Waals surface area contributed by atoms with E-state index in [9.17, 15) is 4.79 Å². The Morgan fingerprint density at radius 3 is 2.39 bits per heavy atom. The molecule has 6 rings (SSSR count). The first-order valence-electron chi connectivity index (χ1n) is 14.7. The average molecular weight is 554 g/mol. The minimum atomic E-state index is -0.766. The molecule has 1 fully saturated rings. The van der Waals surface area contributed by atoms with Crippen molar-refractivity contribution < 1.29 is 23.7 Å². The minimum absolute atomic E-state index is 0.286. The second-order valence-electron chi connectivity index (χ2n) is 12.3. The first-order chi connectivity index (χ1) is 19.7. The summed E-state index contributed by atoms with van der Waals surface area (Å²) in [5.74, 6) is 2.55. The molecule has 214 valence electrons. The van der Waals surface area contributed by atoms with Crippen LogP contribution in [-0.4, -0.2) is 43.7 Å². The third-order valence-corrected chi connectivity index (χ3v) is 8.25. The number of ether oxygens (including phenoxy) is 4. The number of carbonyl (C=O) groups is 1. The number of hydrogen-bond donors (Lipinski definition) is 0. The van der Waals surface area contributed by atoms with Crippen molar-refractivity contribution >= 4 is 17.1 Å². The molecule has 0 radical (unpaired) electrons. The molecule has 1 unspecified atom stereocenters. The maximum absolute atomic E-state index is 12.5. The quantitative estimate of drug-likeness (QED) is 0.239. The largest absolute Gasteiger partial charge is 0.492 e. The van der Waals surface area contributed by atoms with Gasteiger partial charge in [0.25, 0.3) is 0 Å². The highest BCUT2D eigenvalue weighted by molar-refractivity contribution is 6.01. The number of likely N-dealkylation sites (tertiary alicyclic amines) is 1. The molecule has 0 amide bonds. The summed E-state index contributed by atoms with van der Waals surface area (Å²) < 4.78 is 24.9. The van der Waals surface area contributed by atoms with Gasteiger partial charge in [-0.05, 0) is 89.5 Å². The van der Waals surface area contributed by atoms with Crippen molar-refractivity contribution in [2.24, 2.45) is 5.41 Å². The lowest BCUT2D eigenvalue weighted by molar-refractivity contribution is -0.143. The van der Waals surface area contributed by atoms with Crippen molar-refractivity contribution in [1.29, 1.82) is 0 Å². The van der Waals surface area contributed by atoms with Gasteiger partial charge in [-0.15, -0.1) is 0 Å². The van der Waals surface area contributed by atoms with Crippen LogP contribution in [0.2, 0.25) is 0 Å². The maximum atomic E-state index is 12.5. The van der Waals surface area contributed by atoms with Gasteiger partial charge in [0.05, 0.1) is 5.41 Å². The number of benzene rings is 3. The van der Waals surface area contributed by atoms with E-state index in [2.05, 4.69) is 30.0 Å². The Labute approximate surface area is 242 Å². The molecule has 1 saturated heterocycles. The zero-order valence-electron chi connectivity index (χ0n) is 24.5. The molecule has 1 atom stereocenters. The van der Waals surface area contributed by atoms with Gasteiger partial charge in [-0.1, -0.05) is 36.8 Å². The second-order valence-corrected chi connectivity index (χ2v) is 12.3. The number of esters is 1. The Morgan fingerprint density at radius 1 is 0.902 bits per heavy atom. The van der Waals surface area contributed by atoms with Gasteiger partial charge in [0.2, 0.25) is 0 Å². The molecular weight excluding hydrogens is 514 g/mol. The zero-order valence-corrected chi connectivity index (χ0v) is 24.5. The van der Waals surface area contributed by atoms with Gasteiger partial charge in [0.1, 0.15) is 36.2 Å². The van der Waals surface area contributed by atoms with E-state index in [1.54, 1.807) is 0 Å². The van der Waals surface area contributed by atoms with Crippen LogP contribution in [0.5, 0.6) is 23.0 Å². The summed E-state index contributed by atoms with van der Waals surface area (Å²) in [4.78, 5) is 15.0. The number of hydrogen-bond acceptors (Lipinski definition) is 6. The van der Waals surface area contributed by atoms with Crippen molar-refractivity contribution in [3.8, 4) is 23.0 Å². The van der Waals surface area contributed by atoms with E-state index in [0.717, 1.165) is 45.9 Å². The Bertz CT molecular complexity index is 1460. The second kappa shape index (κ2) is 10.9. The van der Waals surface area contributed by atoms with E-state index < -0.39 is 11.0 Å². The van der Waals surface area contributed by atoms with Crippen LogP contribution in [-0.2, 0) is 10.4 Å². The van der Waals surface area contributed by atoms with E-state index in [1.165, 1.54) is 32.4 Å². The van der Waals surface area contributed by atoms with Crippen molar-refractivity contribution in [1.82, 2.24) is 4.90 Å². The Kier molecular flexibility index (Phi) is 7.28. The molecule has 6 heteroatoms. The Morgan fingerprint density at radius 2 is 1.63 bits per heavy atom.